The molecule has 0 aromatic carbocycles. The van der Waals surface area contributed by atoms with E-state index in [0.29, 0.717) is 0 Å². The number of thioether (sulfide) groups is 1. The van der Waals surface area contributed by atoms with Crippen LogP contribution in [0.15, 0.2) is 11.6 Å². The van der Waals surface area contributed by atoms with Gasteiger partial charge in [-0.15, -0.1) is 0 Å². The van der Waals surface area contributed by atoms with Crippen LogP contribution < -0.4 is 10.9 Å². The van der Waals surface area contributed by atoms with Crippen molar-refractivity contribution in [1.82, 2.24) is 10.9 Å². The van der Waals surface area contributed by atoms with Gasteiger partial charge in [0.2, 0.25) is 0 Å². The molecule has 0 bridgehead atoms. The number of hydrogen-bond donors (Lipinski definition) is 2. The lowest BCUT2D eigenvalue weighted by Gasteiger charge is -2.04. The van der Waals surface area contributed by atoms with Crippen LogP contribution in [0.1, 0.15) is 0 Å². The molecule has 1 aliphatic rings. The molecule has 7 heavy (non-hydrogen) atoms. The maximum absolute atomic E-state index is 10.2. The van der Waals surface area contributed by atoms with Gasteiger partial charge in [-0.2, -0.15) is 0 Å². The molecule has 0 aliphatic carbocycles. The smallest absolute Gasteiger partial charge is 0.301 e. The number of rotatable bonds is 0. The van der Waals surface area contributed by atoms with E-state index in [0.717, 1.165) is 11.8 Å². The second kappa shape index (κ2) is 1.88. The average molecular weight is 116 g/mol. The molecule has 1 heterocycles. The molecule has 0 fully saturated rings. The summed E-state index contributed by atoms with van der Waals surface area (Å²) in [5, 5.41) is 1.61. The quantitative estimate of drug-likeness (QED) is 0.482. The van der Waals surface area contributed by atoms with E-state index < -0.39 is 0 Å². The number of hydrogen-bond acceptors (Lipinski definition) is 3. The molecular formula is C3H4N2OS. The molecule has 0 spiro atoms. The van der Waals surface area contributed by atoms with Crippen molar-refractivity contribution in [3.05, 3.63) is 11.6 Å². The molecule has 3 nitrogen and oxygen atoms in total. The van der Waals surface area contributed by atoms with E-state index in [1.165, 1.54) is 0 Å². The van der Waals surface area contributed by atoms with Gasteiger partial charge in [0.05, 0.1) is 0 Å². The van der Waals surface area contributed by atoms with Crippen molar-refractivity contribution in [3.63, 3.8) is 0 Å². The molecule has 0 radical (unpaired) electrons. The van der Waals surface area contributed by atoms with Gasteiger partial charge in [-0.1, -0.05) is 0 Å². The van der Waals surface area contributed by atoms with Crippen LogP contribution in [0.5, 0.6) is 0 Å². The summed E-state index contributed by atoms with van der Waals surface area (Å²) in [4.78, 5) is 10.2. The van der Waals surface area contributed by atoms with Gasteiger partial charge in [0.15, 0.2) is 0 Å². The van der Waals surface area contributed by atoms with Gasteiger partial charge in [-0.3, -0.25) is 10.2 Å². The minimum absolute atomic E-state index is 0.0671. The van der Waals surface area contributed by atoms with Gasteiger partial charge in [0.1, 0.15) is 0 Å². The van der Waals surface area contributed by atoms with Crippen molar-refractivity contribution in [3.8, 4) is 0 Å². The minimum atomic E-state index is -0.0671. The van der Waals surface area contributed by atoms with E-state index in [-0.39, 0.29) is 5.24 Å². The Labute approximate surface area is 45.1 Å². The van der Waals surface area contributed by atoms with Crippen molar-refractivity contribution in [2.75, 3.05) is 0 Å². The van der Waals surface area contributed by atoms with Crippen LogP contribution in [0.4, 0.5) is 4.79 Å². The first-order valence-electron chi connectivity index (χ1n) is 1.77. The van der Waals surface area contributed by atoms with E-state index in [4.69, 9.17) is 0 Å². The van der Waals surface area contributed by atoms with E-state index in [9.17, 15) is 4.79 Å². The largest absolute Gasteiger partial charge is 0.305 e. The zero-order valence-corrected chi connectivity index (χ0v) is 4.29. The topological polar surface area (TPSA) is 41.1 Å². The Morgan fingerprint density at radius 3 is 2.86 bits per heavy atom. The van der Waals surface area contributed by atoms with Crippen molar-refractivity contribution < 1.29 is 4.79 Å². The second-order valence-electron chi connectivity index (χ2n) is 0.977. The molecule has 0 atom stereocenters. The third-order valence-corrected chi connectivity index (χ3v) is 1.09. The van der Waals surface area contributed by atoms with Crippen molar-refractivity contribution >= 4 is 17.0 Å². The van der Waals surface area contributed by atoms with Crippen molar-refractivity contribution in [1.29, 1.82) is 0 Å². The Bertz CT molecular complexity index is 112. The predicted octanol–water partition coefficient (Wildman–Crippen LogP) is 0.419. The Kier molecular flexibility index (Phi) is 1.21. The fourth-order valence-corrected chi connectivity index (χ4v) is 0.637. The van der Waals surface area contributed by atoms with Crippen molar-refractivity contribution in [2.24, 2.45) is 0 Å². The van der Waals surface area contributed by atoms with E-state index in [2.05, 4.69) is 10.9 Å². The summed E-state index contributed by atoms with van der Waals surface area (Å²) in [5.41, 5.74) is 4.90. The lowest BCUT2D eigenvalue weighted by atomic mass is 11.0. The van der Waals surface area contributed by atoms with Crippen LogP contribution in [-0.2, 0) is 0 Å². The second-order valence-corrected chi connectivity index (χ2v) is 1.86. The molecule has 38 valence electrons. The fraction of sp³-hybridized carbons (Fsp3) is 0. The molecular weight excluding hydrogens is 112 g/mol. The standard InChI is InChI=1S/C3H4N2OS/c6-3-5-4-1-2-7-3/h1-2,4H,(H,5,6). The first-order chi connectivity index (χ1) is 3.39. The highest BCUT2D eigenvalue weighted by Gasteiger charge is 1.97. The Balaban J connectivity index is 2.47. The lowest BCUT2D eigenvalue weighted by molar-refractivity contribution is 0.258. The van der Waals surface area contributed by atoms with Gasteiger partial charge < -0.3 is 5.43 Å². The van der Waals surface area contributed by atoms with Gasteiger partial charge >= 0.3 is 5.24 Å². The van der Waals surface area contributed by atoms with Crippen LogP contribution in [0.3, 0.4) is 0 Å². The van der Waals surface area contributed by atoms with Gasteiger partial charge in [0, 0.05) is 6.20 Å². The summed E-state index contributed by atoms with van der Waals surface area (Å²) in [6, 6.07) is 0. The summed E-state index contributed by atoms with van der Waals surface area (Å²) in [5.74, 6) is 0. The minimum Gasteiger partial charge on any atom is -0.305 e. The first-order valence-corrected chi connectivity index (χ1v) is 2.65. The van der Waals surface area contributed by atoms with Gasteiger partial charge in [0.25, 0.3) is 0 Å². The molecule has 1 aliphatic heterocycles. The molecule has 2 N–H and O–H groups in total. The zero-order valence-electron chi connectivity index (χ0n) is 3.47. The number of nitrogens with one attached hydrogen (secondary N) is 2. The SMILES string of the molecule is O=C1NNC=CS1. The Hall–Kier alpha value is -0.640. The van der Waals surface area contributed by atoms with Crippen LogP contribution >= 0.6 is 11.8 Å². The molecule has 0 aromatic heterocycles. The zero-order chi connectivity index (χ0) is 5.11. The Morgan fingerprint density at radius 2 is 2.57 bits per heavy atom. The number of amides is 1. The van der Waals surface area contributed by atoms with Gasteiger partial charge in [-0.25, -0.2) is 0 Å². The molecule has 1 amide bonds. The molecule has 0 unspecified atom stereocenters. The predicted molar refractivity (Wildman–Crippen MR) is 28.4 cm³/mol. The molecule has 1 rings (SSSR count). The van der Waals surface area contributed by atoms with Crippen LogP contribution in [0, 0.1) is 0 Å². The molecule has 0 aromatic rings. The number of carbonyl (C=O) groups excluding carboxylic acids is 1. The van der Waals surface area contributed by atoms with E-state index >= 15 is 0 Å². The maximum atomic E-state index is 10.2. The first kappa shape index (κ1) is 4.52. The third kappa shape index (κ3) is 1.12. The monoisotopic (exact) mass is 116 g/mol. The van der Waals surface area contributed by atoms with Crippen molar-refractivity contribution in [2.45, 2.75) is 0 Å². The lowest BCUT2D eigenvalue weighted by Crippen LogP contribution is -2.32. The van der Waals surface area contributed by atoms with E-state index in [1.54, 1.807) is 11.6 Å². The van der Waals surface area contributed by atoms with Crippen LogP contribution in [0.2, 0.25) is 0 Å². The summed E-state index contributed by atoms with van der Waals surface area (Å²) in [6.07, 6.45) is 1.66. The molecule has 0 saturated carbocycles. The summed E-state index contributed by atoms with van der Waals surface area (Å²) < 4.78 is 0. The normalized spacial score (nSPS) is 18.0. The third-order valence-electron chi connectivity index (χ3n) is 0.501. The number of hydrazine groups is 1. The van der Waals surface area contributed by atoms with E-state index in [1.807, 2.05) is 0 Å². The summed E-state index contributed by atoms with van der Waals surface area (Å²) in [6.45, 7) is 0. The summed E-state index contributed by atoms with van der Waals surface area (Å²) in [7, 11) is 0. The highest BCUT2D eigenvalue weighted by molar-refractivity contribution is 8.16. The van der Waals surface area contributed by atoms with Gasteiger partial charge in [-0.05, 0) is 17.2 Å². The molecule has 0 saturated heterocycles. The summed E-state index contributed by atoms with van der Waals surface area (Å²) >= 11 is 1.12. The average Bonchev–Trinajstić information content (AvgIpc) is 1.69. The number of carbonyl (C=O) groups is 1. The highest BCUT2D eigenvalue weighted by atomic mass is 32.2. The maximum Gasteiger partial charge on any atom is 0.301 e. The molecule has 4 heteroatoms. The fourth-order valence-electron chi connectivity index (χ4n) is 0.260. The highest BCUT2D eigenvalue weighted by Crippen LogP contribution is 2.03. The Morgan fingerprint density at radius 1 is 1.71 bits per heavy atom. The van der Waals surface area contributed by atoms with Crippen LogP contribution in [-0.4, -0.2) is 5.24 Å². The van der Waals surface area contributed by atoms with Crippen LogP contribution in [0.25, 0.3) is 0 Å².